The molecule has 2 saturated heterocycles. The van der Waals surface area contributed by atoms with Gasteiger partial charge in [0.05, 0.1) is 43.0 Å². The minimum absolute atomic E-state index is 0.0300. The minimum Gasteiger partial charge on any atom is -0.453 e. The molecule has 59 heavy (non-hydrogen) atoms. The number of anilines is 1. The van der Waals surface area contributed by atoms with Gasteiger partial charge < -0.3 is 35.1 Å². The first-order valence-electron chi connectivity index (χ1n) is 21.0. The summed E-state index contributed by atoms with van der Waals surface area (Å²) in [5.41, 5.74) is 9.14. The van der Waals surface area contributed by atoms with Crippen LogP contribution in [0.4, 0.5) is 10.7 Å². The fourth-order valence-electron chi connectivity index (χ4n) is 9.07. The van der Waals surface area contributed by atoms with Gasteiger partial charge in [-0.15, -0.1) is 0 Å². The third-order valence-electron chi connectivity index (χ3n) is 12.2. The number of hydrogen-bond donors (Lipinski definition) is 4. The Kier molecular flexibility index (Phi) is 11.5. The maximum absolute atomic E-state index is 13.9. The van der Waals surface area contributed by atoms with E-state index in [1.807, 2.05) is 49.9 Å². The quantitative estimate of drug-likeness (QED) is 0.101. The lowest BCUT2D eigenvalue weighted by atomic mass is 9.92. The summed E-state index contributed by atoms with van der Waals surface area (Å²) in [5.74, 6) is 1.87. The standard InChI is InChI=1S/C45H54N10O4/c1-26(2)38(52-44-46-20-9-21-47-44)42(56)54-22-7-12-36(54)40-48-24-34(50-40)29-16-14-28(15-17-29)30-18-19-33(32-11-6-10-31(30)32)35-25-49-41(51-35)37-13-8-23-55(37)43(57)39(27(3)4)53-45(58)59-5/h9,14-21,24-27,36-39H,6-8,10-13,22-23H2,1-5H3,(H,48,50)(H,49,51)(H,53,58)(H,46,47,52)/t36-,37-,38-,39-/m0/s1. The number of carbonyl (C=O) groups excluding carboxylic acids is 3. The number of carbonyl (C=O) groups is 3. The van der Waals surface area contributed by atoms with Crippen molar-refractivity contribution in [3.63, 3.8) is 0 Å². The fourth-order valence-corrected chi connectivity index (χ4v) is 9.07. The highest BCUT2D eigenvalue weighted by Crippen LogP contribution is 2.40. The monoisotopic (exact) mass is 798 g/mol. The molecule has 2 aromatic carbocycles. The summed E-state index contributed by atoms with van der Waals surface area (Å²) in [4.78, 5) is 68.7. The molecular formula is C45H54N10O4. The Labute approximate surface area is 345 Å². The molecule has 2 fully saturated rings. The van der Waals surface area contributed by atoms with E-state index in [1.165, 1.54) is 23.8 Å². The number of alkyl carbamates (subject to hydrolysis) is 1. The van der Waals surface area contributed by atoms with E-state index in [-0.39, 0.29) is 35.7 Å². The van der Waals surface area contributed by atoms with E-state index in [4.69, 9.17) is 14.7 Å². The van der Waals surface area contributed by atoms with Crippen LogP contribution in [-0.4, -0.2) is 89.9 Å². The first kappa shape index (κ1) is 39.8. The maximum atomic E-state index is 13.9. The lowest BCUT2D eigenvalue weighted by molar-refractivity contribution is -0.135. The summed E-state index contributed by atoms with van der Waals surface area (Å²) >= 11 is 0. The van der Waals surface area contributed by atoms with Gasteiger partial charge in [0, 0.05) is 31.0 Å². The molecule has 1 aliphatic carbocycles. The lowest BCUT2D eigenvalue weighted by Gasteiger charge is -2.30. The zero-order valence-electron chi connectivity index (χ0n) is 34.5. The number of aromatic nitrogens is 6. The number of nitrogens with zero attached hydrogens (tertiary/aromatic N) is 6. The second-order valence-corrected chi connectivity index (χ2v) is 16.6. The van der Waals surface area contributed by atoms with E-state index in [9.17, 15) is 14.4 Å². The molecule has 8 rings (SSSR count). The Morgan fingerprint density at radius 2 is 1.24 bits per heavy atom. The van der Waals surface area contributed by atoms with Crippen molar-refractivity contribution in [3.8, 4) is 33.6 Å². The van der Waals surface area contributed by atoms with Crippen molar-refractivity contribution < 1.29 is 19.1 Å². The second kappa shape index (κ2) is 17.0. The number of methoxy groups -OCH3 is 1. The van der Waals surface area contributed by atoms with Crippen molar-refractivity contribution in [2.45, 2.75) is 96.8 Å². The minimum atomic E-state index is -0.679. The first-order chi connectivity index (χ1) is 28.6. The third kappa shape index (κ3) is 8.04. The van der Waals surface area contributed by atoms with Crippen LogP contribution in [0.1, 0.15) is 94.7 Å². The third-order valence-corrected chi connectivity index (χ3v) is 12.2. The van der Waals surface area contributed by atoms with Crippen molar-refractivity contribution in [3.05, 3.63) is 90.0 Å². The molecular weight excluding hydrogens is 745 g/mol. The molecule has 4 atom stereocenters. The highest BCUT2D eigenvalue weighted by atomic mass is 16.5. The number of hydrogen-bond acceptors (Lipinski definition) is 9. The smallest absolute Gasteiger partial charge is 0.407 e. The Morgan fingerprint density at radius 3 is 1.85 bits per heavy atom. The topological polar surface area (TPSA) is 174 Å². The predicted molar refractivity (Wildman–Crippen MR) is 225 cm³/mol. The second-order valence-electron chi connectivity index (χ2n) is 16.6. The van der Waals surface area contributed by atoms with Gasteiger partial charge in [-0.3, -0.25) is 9.59 Å². The van der Waals surface area contributed by atoms with Gasteiger partial charge in [0.2, 0.25) is 17.8 Å². The number of imidazole rings is 2. The molecule has 308 valence electrons. The van der Waals surface area contributed by atoms with Crippen molar-refractivity contribution in [1.82, 2.24) is 45.0 Å². The summed E-state index contributed by atoms with van der Waals surface area (Å²) in [6.45, 7) is 9.19. The molecule has 0 saturated carbocycles. The largest absolute Gasteiger partial charge is 0.453 e. The van der Waals surface area contributed by atoms with Crippen LogP contribution in [0.15, 0.2) is 67.3 Å². The molecule has 0 bridgehead atoms. The average molecular weight is 799 g/mol. The van der Waals surface area contributed by atoms with Crippen LogP contribution >= 0.6 is 0 Å². The van der Waals surface area contributed by atoms with Gasteiger partial charge in [-0.1, -0.05) is 64.1 Å². The van der Waals surface area contributed by atoms with Crippen molar-refractivity contribution in [1.29, 1.82) is 0 Å². The van der Waals surface area contributed by atoms with Gasteiger partial charge in [0.1, 0.15) is 23.7 Å². The maximum Gasteiger partial charge on any atom is 0.407 e. The molecule has 14 heteroatoms. The molecule has 5 aromatic rings. The number of ether oxygens (including phenoxy) is 1. The lowest BCUT2D eigenvalue weighted by Crippen LogP contribution is -2.51. The highest BCUT2D eigenvalue weighted by molar-refractivity contribution is 5.87. The molecule has 0 spiro atoms. The van der Waals surface area contributed by atoms with Gasteiger partial charge in [-0.2, -0.15) is 0 Å². The fraction of sp³-hybridized carbons (Fsp3) is 0.444. The van der Waals surface area contributed by atoms with Crippen LogP contribution < -0.4 is 10.6 Å². The SMILES string of the molecule is COC(=O)N[C@H](C(=O)N1CCC[C@H]1c1ncc(-c2ccc(-c3ccc(-c4cnc([C@@H]5CCCN5C(=O)[C@@H](Nc5ncccn5)C(C)C)[nH]4)cc3)c3c2CCC3)[nH]1)C(C)C. The molecule has 5 heterocycles. The molecule has 4 N–H and O–H groups in total. The molecule has 0 radical (unpaired) electrons. The van der Waals surface area contributed by atoms with E-state index < -0.39 is 18.2 Å². The number of fused-ring (bicyclic) bond motifs is 1. The van der Waals surface area contributed by atoms with Crippen molar-refractivity contribution in [2.24, 2.45) is 11.8 Å². The number of amides is 3. The summed E-state index contributed by atoms with van der Waals surface area (Å²) in [6.07, 6.45) is 13.0. The Morgan fingerprint density at radius 1 is 0.695 bits per heavy atom. The van der Waals surface area contributed by atoms with Crippen LogP contribution in [-0.2, 0) is 27.2 Å². The molecule has 3 amide bonds. The van der Waals surface area contributed by atoms with Crippen molar-refractivity contribution in [2.75, 3.05) is 25.5 Å². The number of aromatic amines is 2. The van der Waals surface area contributed by atoms with E-state index in [2.05, 4.69) is 67.0 Å². The van der Waals surface area contributed by atoms with Gasteiger partial charge >= 0.3 is 6.09 Å². The summed E-state index contributed by atoms with van der Waals surface area (Å²) in [7, 11) is 1.30. The summed E-state index contributed by atoms with van der Waals surface area (Å²) in [5, 5.41) is 5.99. The van der Waals surface area contributed by atoms with Gasteiger partial charge in [-0.05, 0) is 90.7 Å². The Hall–Kier alpha value is -6.05. The van der Waals surface area contributed by atoms with Gasteiger partial charge in [0.25, 0.3) is 0 Å². The number of rotatable bonds is 12. The van der Waals surface area contributed by atoms with E-state index in [0.717, 1.165) is 84.7 Å². The normalized spacial score (nSPS) is 18.6. The Bertz CT molecular complexity index is 2280. The first-order valence-corrected chi connectivity index (χ1v) is 21.0. The van der Waals surface area contributed by atoms with E-state index >= 15 is 0 Å². The number of benzene rings is 2. The van der Waals surface area contributed by atoms with E-state index in [1.54, 1.807) is 18.5 Å². The molecule has 3 aromatic heterocycles. The zero-order chi connectivity index (χ0) is 41.2. The highest BCUT2D eigenvalue weighted by Gasteiger charge is 2.39. The zero-order valence-corrected chi connectivity index (χ0v) is 34.5. The van der Waals surface area contributed by atoms with Crippen LogP contribution in [0, 0.1) is 11.8 Å². The van der Waals surface area contributed by atoms with Crippen LogP contribution in [0.25, 0.3) is 33.6 Å². The number of likely N-dealkylation sites (tertiary alicyclic amines) is 2. The molecule has 0 unspecified atom stereocenters. The summed E-state index contributed by atoms with van der Waals surface area (Å²) < 4.78 is 4.80. The average Bonchev–Trinajstić information content (AvgIpc) is 4.10. The van der Waals surface area contributed by atoms with Crippen LogP contribution in [0.5, 0.6) is 0 Å². The molecule has 3 aliphatic rings. The predicted octanol–water partition coefficient (Wildman–Crippen LogP) is 7.26. The van der Waals surface area contributed by atoms with Gasteiger partial charge in [-0.25, -0.2) is 24.7 Å². The van der Waals surface area contributed by atoms with Crippen LogP contribution in [0.2, 0.25) is 0 Å². The molecule has 2 aliphatic heterocycles. The number of H-pyrrole nitrogens is 2. The van der Waals surface area contributed by atoms with Gasteiger partial charge in [0.15, 0.2) is 0 Å². The van der Waals surface area contributed by atoms with Crippen LogP contribution in [0.3, 0.4) is 0 Å². The van der Waals surface area contributed by atoms with E-state index in [0.29, 0.717) is 19.0 Å². The number of nitrogens with one attached hydrogen (secondary N) is 4. The molecule has 14 nitrogen and oxygen atoms in total. The summed E-state index contributed by atoms with van der Waals surface area (Å²) in [6, 6.07) is 13.4. The Balaban J connectivity index is 0.971. The van der Waals surface area contributed by atoms with Crippen molar-refractivity contribution >= 4 is 23.9 Å².